The quantitative estimate of drug-likeness (QED) is 0.732. The highest BCUT2D eigenvalue weighted by Crippen LogP contribution is 2.28. The summed E-state index contributed by atoms with van der Waals surface area (Å²) in [6, 6.07) is 9.72. The molecular formula is C23H33N7O2. The first kappa shape index (κ1) is 22.4. The van der Waals surface area contributed by atoms with Gasteiger partial charge in [0.1, 0.15) is 0 Å². The van der Waals surface area contributed by atoms with E-state index in [0.717, 1.165) is 31.6 Å². The molecule has 1 aromatic carbocycles. The minimum Gasteiger partial charge on any atom is -0.372 e. The van der Waals surface area contributed by atoms with Gasteiger partial charge in [-0.3, -0.25) is 9.69 Å². The summed E-state index contributed by atoms with van der Waals surface area (Å²) in [6.45, 7) is 9.14. The maximum Gasteiger partial charge on any atom is 0.232 e. The van der Waals surface area contributed by atoms with Crippen LogP contribution >= 0.6 is 0 Å². The predicted octanol–water partition coefficient (Wildman–Crippen LogP) is 2.61. The van der Waals surface area contributed by atoms with E-state index < -0.39 is 0 Å². The Morgan fingerprint density at radius 3 is 2.41 bits per heavy atom. The Labute approximate surface area is 189 Å². The van der Waals surface area contributed by atoms with Gasteiger partial charge in [0.15, 0.2) is 5.82 Å². The highest BCUT2D eigenvalue weighted by Gasteiger charge is 2.34. The molecule has 2 fully saturated rings. The predicted molar refractivity (Wildman–Crippen MR) is 123 cm³/mol. The van der Waals surface area contributed by atoms with Crippen molar-refractivity contribution in [3.8, 4) is 0 Å². The molecule has 0 aliphatic carbocycles. The number of aromatic nitrogens is 3. The van der Waals surface area contributed by atoms with E-state index in [1.54, 1.807) is 0 Å². The molecule has 0 radical (unpaired) electrons. The highest BCUT2D eigenvalue weighted by molar-refractivity contribution is 5.79. The second kappa shape index (κ2) is 9.79. The SMILES string of the molecule is CC1CN(C(=O)C2CCN(C(C)c3nc(N)nc(Nc4ccccc4)n3)CC2)CC(C)O1. The van der Waals surface area contributed by atoms with Crippen LogP contribution in [0.1, 0.15) is 45.5 Å². The van der Waals surface area contributed by atoms with Gasteiger partial charge in [-0.15, -0.1) is 0 Å². The maximum atomic E-state index is 13.0. The fourth-order valence-corrected chi connectivity index (χ4v) is 4.62. The van der Waals surface area contributed by atoms with Crippen molar-refractivity contribution in [2.75, 3.05) is 37.2 Å². The van der Waals surface area contributed by atoms with Crippen molar-refractivity contribution in [3.63, 3.8) is 0 Å². The number of benzene rings is 1. The lowest BCUT2D eigenvalue weighted by atomic mass is 9.93. The Morgan fingerprint density at radius 2 is 1.75 bits per heavy atom. The van der Waals surface area contributed by atoms with E-state index >= 15 is 0 Å². The van der Waals surface area contributed by atoms with Crippen LogP contribution < -0.4 is 11.1 Å². The smallest absolute Gasteiger partial charge is 0.232 e. The number of rotatable bonds is 5. The maximum absolute atomic E-state index is 13.0. The standard InChI is InChI=1S/C23H33N7O2/c1-15-13-30(14-16(2)32-15)21(31)18-9-11-29(12-10-18)17(3)20-26-22(24)28-23(27-20)25-19-7-5-4-6-8-19/h4-8,15-18H,9-14H2,1-3H3,(H3,24,25,26,27,28). The number of nitrogens with zero attached hydrogens (tertiary/aromatic N) is 5. The van der Waals surface area contributed by atoms with E-state index in [1.807, 2.05) is 49.1 Å². The van der Waals surface area contributed by atoms with E-state index in [-0.39, 0.29) is 36.0 Å². The van der Waals surface area contributed by atoms with Crippen molar-refractivity contribution in [3.05, 3.63) is 36.2 Å². The van der Waals surface area contributed by atoms with Crippen molar-refractivity contribution in [2.45, 2.75) is 51.9 Å². The molecule has 2 aromatic rings. The lowest BCUT2D eigenvalue weighted by Gasteiger charge is -2.40. The Balaban J connectivity index is 1.37. The van der Waals surface area contributed by atoms with Gasteiger partial charge in [-0.25, -0.2) is 0 Å². The zero-order chi connectivity index (χ0) is 22.7. The first-order valence-corrected chi connectivity index (χ1v) is 11.4. The zero-order valence-corrected chi connectivity index (χ0v) is 19.1. The van der Waals surface area contributed by atoms with E-state index in [1.165, 1.54) is 0 Å². The number of para-hydroxylation sites is 1. The van der Waals surface area contributed by atoms with Gasteiger partial charge in [-0.1, -0.05) is 18.2 Å². The first-order valence-electron chi connectivity index (χ1n) is 11.4. The number of nitrogens with two attached hydrogens (primary N) is 1. The number of likely N-dealkylation sites (tertiary alicyclic amines) is 1. The van der Waals surface area contributed by atoms with E-state index in [4.69, 9.17) is 10.5 Å². The molecule has 3 atom stereocenters. The molecule has 1 amide bonds. The topological polar surface area (TPSA) is 110 Å². The molecule has 9 nitrogen and oxygen atoms in total. The van der Waals surface area contributed by atoms with Gasteiger partial charge in [0.25, 0.3) is 0 Å². The number of nitrogens with one attached hydrogen (secondary N) is 1. The molecule has 1 aromatic heterocycles. The molecule has 0 bridgehead atoms. The Morgan fingerprint density at radius 1 is 1.09 bits per heavy atom. The van der Waals surface area contributed by atoms with Crippen LogP contribution in [0.3, 0.4) is 0 Å². The summed E-state index contributed by atoms with van der Waals surface area (Å²) in [5.74, 6) is 1.59. The van der Waals surface area contributed by atoms with Gasteiger partial charge in [-0.05, 0) is 58.8 Å². The van der Waals surface area contributed by atoms with Crippen molar-refractivity contribution in [1.82, 2.24) is 24.8 Å². The summed E-state index contributed by atoms with van der Waals surface area (Å²) in [5.41, 5.74) is 6.86. The summed E-state index contributed by atoms with van der Waals surface area (Å²) >= 11 is 0. The fraction of sp³-hybridized carbons (Fsp3) is 0.565. The van der Waals surface area contributed by atoms with Gasteiger partial charge in [0.05, 0.1) is 18.2 Å². The Kier molecular flexibility index (Phi) is 6.86. The van der Waals surface area contributed by atoms with Crippen LogP contribution in [0.5, 0.6) is 0 Å². The van der Waals surface area contributed by atoms with Gasteiger partial charge in [-0.2, -0.15) is 15.0 Å². The molecule has 2 saturated heterocycles. The molecule has 2 aliphatic rings. The number of piperidine rings is 1. The summed E-state index contributed by atoms with van der Waals surface area (Å²) in [4.78, 5) is 30.6. The normalized spacial score (nSPS) is 23.7. The summed E-state index contributed by atoms with van der Waals surface area (Å²) in [7, 11) is 0. The number of nitrogen functional groups attached to an aromatic ring is 1. The van der Waals surface area contributed by atoms with Crippen LogP contribution in [-0.2, 0) is 9.53 Å². The fourth-order valence-electron chi connectivity index (χ4n) is 4.62. The summed E-state index contributed by atoms with van der Waals surface area (Å²) < 4.78 is 5.77. The van der Waals surface area contributed by atoms with Crippen LogP contribution in [0.15, 0.2) is 30.3 Å². The highest BCUT2D eigenvalue weighted by atomic mass is 16.5. The molecule has 172 valence electrons. The van der Waals surface area contributed by atoms with Gasteiger partial charge in [0, 0.05) is 24.7 Å². The van der Waals surface area contributed by atoms with Crippen LogP contribution in [0, 0.1) is 5.92 Å². The first-order chi connectivity index (χ1) is 15.4. The minimum absolute atomic E-state index is 0.0175. The molecule has 0 saturated carbocycles. The molecule has 32 heavy (non-hydrogen) atoms. The molecular weight excluding hydrogens is 406 g/mol. The third-order valence-corrected chi connectivity index (χ3v) is 6.23. The molecule has 3 N–H and O–H groups in total. The van der Waals surface area contributed by atoms with Crippen LogP contribution in [-0.4, -0.2) is 69.0 Å². The van der Waals surface area contributed by atoms with Crippen molar-refractivity contribution < 1.29 is 9.53 Å². The average molecular weight is 440 g/mol. The average Bonchev–Trinajstić information content (AvgIpc) is 2.78. The van der Waals surface area contributed by atoms with Crippen LogP contribution in [0.4, 0.5) is 17.6 Å². The zero-order valence-electron chi connectivity index (χ0n) is 19.1. The lowest BCUT2D eigenvalue weighted by Crippen LogP contribution is -2.51. The lowest BCUT2D eigenvalue weighted by molar-refractivity contribution is -0.149. The van der Waals surface area contributed by atoms with Crippen LogP contribution in [0.25, 0.3) is 0 Å². The van der Waals surface area contributed by atoms with E-state index in [2.05, 4.69) is 32.1 Å². The minimum atomic E-state index is -0.0175. The largest absolute Gasteiger partial charge is 0.372 e. The number of amides is 1. The number of hydrogen-bond acceptors (Lipinski definition) is 8. The molecule has 9 heteroatoms. The number of morpholine rings is 1. The van der Waals surface area contributed by atoms with Crippen molar-refractivity contribution in [1.29, 1.82) is 0 Å². The molecule has 3 unspecified atom stereocenters. The Bertz CT molecular complexity index is 908. The summed E-state index contributed by atoms with van der Waals surface area (Å²) in [5, 5.41) is 3.19. The monoisotopic (exact) mass is 439 g/mol. The number of anilines is 3. The van der Waals surface area contributed by atoms with Crippen LogP contribution in [0.2, 0.25) is 0 Å². The second-order valence-electron chi connectivity index (χ2n) is 8.85. The van der Waals surface area contributed by atoms with Gasteiger partial charge < -0.3 is 20.7 Å². The molecule has 0 spiro atoms. The molecule has 4 rings (SSSR count). The van der Waals surface area contributed by atoms with E-state index in [0.29, 0.717) is 24.9 Å². The summed E-state index contributed by atoms with van der Waals surface area (Å²) in [6.07, 6.45) is 1.85. The van der Waals surface area contributed by atoms with Gasteiger partial charge >= 0.3 is 0 Å². The van der Waals surface area contributed by atoms with Crippen molar-refractivity contribution >= 4 is 23.5 Å². The Hall–Kier alpha value is -2.78. The number of carbonyl (C=O) groups excluding carboxylic acids is 1. The molecule has 2 aliphatic heterocycles. The second-order valence-corrected chi connectivity index (χ2v) is 8.85. The third-order valence-electron chi connectivity index (χ3n) is 6.23. The van der Waals surface area contributed by atoms with Gasteiger partial charge in [0.2, 0.25) is 17.8 Å². The number of ether oxygens (including phenoxy) is 1. The number of carbonyl (C=O) groups is 1. The third kappa shape index (κ3) is 5.34. The number of hydrogen-bond donors (Lipinski definition) is 2. The molecule has 3 heterocycles. The van der Waals surface area contributed by atoms with Crippen molar-refractivity contribution in [2.24, 2.45) is 5.92 Å². The van der Waals surface area contributed by atoms with E-state index in [9.17, 15) is 4.79 Å².